The first-order chi connectivity index (χ1) is 33.5. The van der Waals surface area contributed by atoms with Crippen molar-refractivity contribution in [2.24, 2.45) is 0 Å². The summed E-state index contributed by atoms with van der Waals surface area (Å²) in [5.41, 5.74) is 0. The van der Waals surface area contributed by atoms with Crippen LogP contribution in [0.1, 0.15) is 213 Å². The number of phosphoric ester groups is 1. The highest BCUT2D eigenvalue weighted by molar-refractivity contribution is 7.45. The van der Waals surface area contributed by atoms with Crippen LogP contribution in [0.15, 0.2) is 109 Å². The van der Waals surface area contributed by atoms with Gasteiger partial charge in [0, 0.05) is 6.42 Å². The van der Waals surface area contributed by atoms with E-state index in [0.29, 0.717) is 17.4 Å². The van der Waals surface area contributed by atoms with E-state index >= 15 is 0 Å². The molecule has 0 aliphatic heterocycles. The predicted molar refractivity (Wildman–Crippen MR) is 297 cm³/mol. The molecule has 0 spiro atoms. The fraction of sp³-hybridized carbons (Fsp3) is 0.683. The van der Waals surface area contributed by atoms with Crippen molar-refractivity contribution < 1.29 is 32.9 Å². The lowest BCUT2D eigenvalue weighted by molar-refractivity contribution is -0.870. The molecule has 3 unspecified atom stereocenters. The summed E-state index contributed by atoms with van der Waals surface area (Å²) in [7, 11) is 1.23. The molecule has 396 valence electrons. The Balaban J connectivity index is 4.00. The van der Waals surface area contributed by atoms with Crippen LogP contribution in [0, 0.1) is 0 Å². The second-order valence-corrected chi connectivity index (χ2v) is 21.0. The first-order valence-electron chi connectivity index (χ1n) is 27.7. The molecule has 0 aliphatic rings. The minimum Gasteiger partial charge on any atom is -0.756 e. The number of hydrogen-bond donors (Lipinski definition) is 2. The minimum atomic E-state index is -4.60. The van der Waals surface area contributed by atoms with Gasteiger partial charge in [-0.1, -0.05) is 226 Å². The predicted octanol–water partition coefficient (Wildman–Crippen LogP) is 16.2. The van der Waals surface area contributed by atoms with Crippen LogP contribution in [0.4, 0.5) is 0 Å². The molecule has 1 amide bonds. The van der Waals surface area contributed by atoms with E-state index < -0.39 is 26.6 Å². The van der Waals surface area contributed by atoms with Gasteiger partial charge in [-0.15, -0.1) is 0 Å². The molecule has 0 saturated heterocycles. The maximum atomic E-state index is 12.9. The molecule has 69 heavy (non-hydrogen) atoms. The number of amides is 1. The number of likely N-dealkylation sites (N-methyl/N-ethyl adjacent to an activating group) is 1. The van der Waals surface area contributed by atoms with Crippen LogP contribution in [0.3, 0.4) is 0 Å². The van der Waals surface area contributed by atoms with Gasteiger partial charge < -0.3 is 28.8 Å². The lowest BCUT2D eigenvalue weighted by Crippen LogP contribution is -2.45. The Bertz CT molecular complexity index is 1490. The Labute approximate surface area is 425 Å². The first-order valence-corrected chi connectivity index (χ1v) is 29.2. The van der Waals surface area contributed by atoms with Gasteiger partial charge in [0.2, 0.25) is 5.91 Å². The lowest BCUT2D eigenvalue weighted by Gasteiger charge is -2.29. The topological polar surface area (TPSA) is 108 Å². The van der Waals surface area contributed by atoms with Gasteiger partial charge in [0.15, 0.2) is 0 Å². The van der Waals surface area contributed by atoms with Crippen molar-refractivity contribution in [1.29, 1.82) is 0 Å². The second-order valence-electron chi connectivity index (χ2n) is 19.5. The third-order valence-electron chi connectivity index (χ3n) is 11.7. The van der Waals surface area contributed by atoms with Gasteiger partial charge in [-0.2, -0.15) is 0 Å². The van der Waals surface area contributed by atoms with Crippen molar-refractivity contribution in [3.63, 3.8) is 0 Å². The smallest absolute Gasteiger partial charge is 0.268 e. The highest BCUT2D eigenvalue weighted by Gasteiger charge is 2.23. The Morgan fingerprint density at radius 1 is 0.522 bits per heavy atom. The lowest BCUT2D eigenvalue weighted by atomic mass is 10.0. The number of aliphatic hydroxyl groups is 1. The number of carbonyl (C=O) groups is 1. The number of unbranched alkanes of at least 4 members (excludes halogenated alkanes) is 20. The molecule has 0 saturated carbocycles. The van der Waals surface area contributed by atoms with Crippen LogP contribution in [-0.2, 0) is 18.4 Å². The van der Waals surface area contributed by atoms with E-state index in [-0.39, 0.29) is 12.5 Å². The van der Waals surface area contributed by atoms with Crippen molar-refractivity contribution in [3.05, 3.63) is 109 Å². The molecule has 0 aromatic rings. The molecule has 0 aromatic heterocycles. The summed E-state index contributed by atoms with van der Waals surface area (Å²) in [6.07, 6.45) is 73.3. The van der Waals surface area contributed by atoms with Gasteiger partial charge in [-0.3, -0.25) is 9.36 Å². The van der Waals surface area contributed by atoms with Gasteiger partial charge in [0.05, 0.1) is 39.9 Å². The SMILES string of the molecule is CC/C=C\C/C=C\C/C=C\C/C=C\C/C=C\C/C=C\C/C=C\CCCCCCCCCCCCCCCCCC(=O)NC(COP(=O)([O-])OCC[N+](C)(C)C)C(O)/C=C/CC/C=C/CCCCCC. The average molecular weight is 981 g/mol. The molecule has 0 radical (unpaired) electrons. The van der Waals surface area contributed by atoms with Crippen LogP contribution in [0.25, 0.3) is 0 Å². The molecule has 3 atom stereocenters. The van der Waals surface area contributed by atoms with E-state index in [1.54, 1.807) is 6.08 Å². The number of hydrogen-bond acceptors (Lipinski definition) is 6. The van der Waals surface area contributed by atoms with Crippen LogP contribution in [0.5, 0.6) is 0 Å². The number of rotatable bonds is 49. The van der Waals surface area contributed by atoms with Crippen LogP contribution >= 0.6 is 7.82 Å². The maximum Gasteiger partial charge on any atom is 0.268 e. The van der Waals surface area contributed by atoms with Gasteiger partial charge in [0.25, 0.3) is 7.82 Å². The molecule has 0 aliphatic carbocycles. The highest BCUT2D eigenvalue weighted by atomic mass is 31.2. The molecular formula is C60H105N2O6P. The van der Waals surface area contributed by atoms with Crippen molar-refractivity contribution >= 4 is 13.7 Å². The average Bonchev–Trinajstić information content (AvgIpc) is 3.31. The molecule has 0 aromatic carbocycles. The number of aliphatic hydroxyl groups excluding tert-OH is 1. The minimum absolute atomic E-state index is 0.0104. The standard InChI is InChI=1S/C60H105N2O6P/c1-6-8-10-12-14-16-18-19-20-21-22-23-24-25-26-27-28-29-30-31-32-33-34-35-36-37-38-39-40-41-42-43-44-46-48-50-52-54-60(64)61-58(57-68-69(65,66)67-56-55-62(3,4)5)59(63)53-51-49-47-45-17-15-13-11-9-7-2/h8,10,14,16-17,19-20,22-23,25-26,28-29,31-32,45,51,53,58-59,63H,6-7,9,11-13,15,18,21,24,27,30,33-44,46-50,52,54-57H2,1-5H3,(H-,61,64,65,66)/b10-8-,16-14-,20-19-,23-22-,26-25-,29-28-,32-31-,45-17+,53-51+. The molecule has 0 fully saturated rings. The van der Waals surface area contributed by atoms with Gasteiger partial charge in [-0.25, -0.2) is 0 Å². The zero-order chi connectivity index (χ0) is 50.6. The van der Waals surface area contributed by atoms with E-state index in [1.807, 2.05) is 27.2 Å². The van der Waals surface area contributed by atoms with Crippen molar-refractivity contribution in [2.45, 2.75) is 225 Å². The summed E-state index contributed by atoms with van der Waals surface area (Å²) >= 11 is 0. The van der Waals surface area contributed by atoms with Gasteiger partial charge in [-0.05, 0) is 89.9 Å². The number of nitrogens with zero attached hydrogens (tertiary/aromatic N) is 1. The van der Waals surface area contributed by atoms with E-state index in [9.17, 15) is 19.4 Å². The fourth-order valence-corrected chi connectivity index (χ4v) is 8.11. The molecule has 9 heteroatoms. The Hall–Kier alpha value is -2.84. The third kappa shape index (κ3) is 52.8. The summed E-state index contributed by atoms with van der Waals surface area (Å²) in [6, 6.07) is -0.907. The Kier molecular flexibility index (Phi) is 48.1. The second kappa shape index (κ2) is 50.1. The van der Waals surface area contributed by atoms with Crippen LogP contribution in [-0.4, -0.2) is 68.5 Å². The highest BCUT2D eigenvalue weighted by Crippen LogP contribution is 2.38. The Morgan fingerprint density at radius 3 is 1.35 bits per heavy atom. The normalized spacial score (nSPS) is 14.8. The molecule has 0 heterocycles. The van der Waals surface area contributed by atoms with Gasteiger partial charge >= 0.3 is 0 Å². The number of allylic oxidation sites excluding steroid dienone is 17. The summed E-state index contributed by atoms with van der Waals surface area (Å²) < 4.78 is 23.2. The molecular weight excluding hydrogens is 876 g/mol. The number of carbonyl (C=O) groups excluding carboxylic acids is 1. The summed E-state index contributed by atoms with van der Waals surface area (Å²) in [6.45, 7) is 4.46. The van der Waals surface area contributed by atoms with Crippen molar-refractivity contribution in [3.8, 4) is 0 Å². The van der Waals surface area contributed by atoms with Crippen LogP contribution < -0.4 is 10.2 Å². The van der Waals surface area contributed by atoms with Gasteiger partial charge in [0.1, 0.15) is 13.2 Å². The summed E-state index contributed by atoms with van der Waals surface area (Å²) in [5, 5.41) is 13.7. The maximum absolute atomic E-state index is 12.9. The fourth-order valence-electron chi connectivity index (χ4n) is 7.38. The van der Waals surface area contributed by atoms with E-state index in [2.05, 4.69) is 116 Å². The zero-order valence-corrected chi connectivity index (χ0v) is 45.9. The number of quaternary nitrogens is 1. The summed E-state index contributed by atoms with van der Waals surface area (Å²) in [4.78, 5) is 25.3. The van der Waals surface area contributed by atoms with E-state index in [1.165, 1.54) is 109 Å². The molecule has 2 N–H and O–H groups in total. The third-order valence-corrected chi connectivity index (χ3v) is 12.7. The largest absolute Gasteiger partial charge is 0.756 e. The van der Waals surface area contributed by atoms with Crippen molar-refractivity contribution in [1.82, 2.24) is 5.32 Å². The molecule has 8 nitrogen and oxygen atoms in total. The zero-order valence-electron chi connectivity index (χ0n) is 45.0. The summed E-state index contributed by atoms with van der Waals surface area (Å²) in [5.74, 6) is -0.214. The number of nitrogens with one attached hydrogen (secondary N) is 1. The first kappa shape index (κ1) is 66.2. The van der Waals surface area contributed by atoms with Crippen LogP contribution in [0.2, 0.25) is 0 Å². The van der Waals surface area contributed by atoms with E-state index in [4.69, 9.17) is 9.05 Å². The van der Waals surface area contributed by atoms with E-state index in [0.717, 1.165) is 83.5 Å². The quantitative estimate of drug-likeness (QED) is 0.0272. The molecule has 0 bridgehead atoms. The van der Waals surface area contributed by atoms with Crippen molar-refractivity contribution in [2.75, 3.05) is 40.9 Å². The Morgan fingerprint density at radius 2 is 0.899 bits per heavy atom. The number of phosphoric acid groups is 1. The molecule has 0 rings (SSSR count). The monoisotopic (exact) mass is 981 g/mol.